The number of fused-ring (bicyclic) bond motifs is 2. The minimum atomic E-state index is -0.800. The number of hydrogen-bond acceptors (Lipinski definition) is 10. The number of nitriles is 1. The van der Waals surface area contributed by atoms with Gasteiger partial charge in [-0.1, -0.05) is 30.7 Å². The Hall–Kier alpha value is -4.08. The minimum absolute atomic E-state index is 0.100. The first-order valence-corrected chi connectivity index (χ1v) is 14.0. The van der Waals surface area contributed by atoms with E-state index in [1.54, 1.807) is 37.3 Å². The summed E-state index contributed by atoms with van der Waals surface area (Å²) in [5.74, 6) is -1.57. The Morgan fingerprint density at radius 1 is 1.23 bits per heavy atom. The molecule has 0 N–H and O–H groups in total. The number of esters is 1. The van der Waals surface area contributed by atoms with Gasteiger partial charge in [0.1, 0.15) is 11.6 Å². The number of carbonyl (C=O) groups excluding carboxylic acids is 3. The zero-order valence-corrected chi connectivity index (χ0v) is 22.4. The lowest BCUT2D eigenvalue weighted by Crippen LogP contribution is -2.30. The van der Waals surface area contributed by atoms with Crippen molar-refractivity contribution in [3.63, 3.8) is 0 Å². The third-order valence-electron chi connectivity index (χ3n) is 6.76. The second-order valence-corrected chi connectivity index (χ2v) is 11.4. The highest BCUT2D eigenvalue weighted by atomic mass is 32.2. The standard InChI is InChI=1S/C27H22N4O6S2/c1-2-37-26(34)16(14-28)11-15-7-10-22(21(12-15)31(35)36)38-27-29-20-9-8-17(13-23(20)39-27)30-24(32)18-5-3-4-6-19(18)25(30)33/h7-13,18-19H,2-6H2,1H3/b16-11+/t18-,19-/m1/s1. The fourth-order valence-corrected chi connectivity index (χ4v) is 7.09. The number of nitrogens with zero attached hydrogens (tertiary/aromatic N) is 4. The van der Waals surface area contributed by atoms with Crippen LogP contribution >= 0.6 is 23.1 Å². The van der Waals surface area contributed by atoms with Crippen molar-refractivity contribution in [3.05, 3.63) is 57.6 Å². The van der Waals surface area contributed by atoms with E-state index in [0.29, 0.717) is 26.0 Å². The lowest BCUT2D eigenvalue weighted by Gasteiger charge is -2.19. The number of benzene rings is 2. The highest BCUT2D eigenvalue weighted by Gasteiger charge is 2.48. The van der Waals surface area contributed by atoms with Crippen molar-refractivity contribution in [1.82, 2.24) is 4.98 Å². The van der Waals surface area contributed by atoms with E-state index in [9.17, 15) is 29.8 Å². The number of nitro groups is 1. The van der Waals surface area contributed by atoms with Crippen LogP contribution in [-0.4, -0.2) is 34.3 Å². The molecule has 1 saturated heterocycles. The molecule has 0 unspecified atom stereocenters. The second kappa shape index (κ2) is 11.0. The molecule has 0 spiro atoms. The maximum atomic E-state index is 13.0. The summed E-state index contributed by atoms with van der Waals surface area (Å²) in [6.07, 6.45) is 4.63. The van der Waals surface area contributed by atoms with Crippen LogP contribution in [0.4, 0.5) is 11.4 Å². The summed E-state index contributed by atoms with van der Waals surface area (Å²) < 4.78 is 6.14. The van der Waals surface area contributed by atoms with Crippen LogP contribution in [-0.2, 0) is 19.1 Å². The van der Waals surface area contributed by atoms with Gasteiger partial charge < -0.3 is 4.74 Å². The van der Waals surface area contributed by atoms with E-state index in [-0.39, 0.29) is 41.5 Å². The molecular weight excluding hydrogens is 540 g/mol. The van der Waals surface area contributed by atoms with E-state index in [2.05, 4.69) is 4.98 Å². The number of aromatic nitrogens is 1. The van der Waals surface area contributed by atoms with Crippen molar-refractivity contribution in [2.75, 3.05) is 11.5 Å². The molecule has 1 aliphatic heterocycles. The lowest BCUT2D eigenvalue weighted by molar-refractivity contribution is -0.387. The zero-order chi connectivity index (χ0) is 27.7. The van der Waals surface area contributed by atoms with Gasteiger partial charge in [0.2, 0.25) is 11.8 Å². The maximum Gasteiger partial charge on any atom is 0.348 e. The van der Waals surface area contributed by atoms with Gasteiger partial charge in [-0.3, -0.25) is 24.6 Å². The van der Waals surface area contributed by atoms with E-state index in [1.165, 1.54) is 34.4 Å². The summed E-state index contributed by atoms with van der Waals surface area (Å²) in [6.45, 7) is 1.71. The molecule has 39 heavy (non-hydrogen) atoms. The Morgan fingerprint density at radius 3 is 2.59 bits per heavy atom. The minimum Gasteiger partial charge on any atom is -0.462 e. The van der Waals surface area contributed by atoms with E-state index in [1.807, 2.05) is 0 Å². The molecule has 1 aliphatic carbocycles. The van der Waals surface area contributed by atoms with Gasteiger partial charge in [0.25, 0.3) is 5.69 Å². The molecule has 1 saturated carbocycles. The molecule has 2 heterocycles. The zero-order valence-electron chi connectivity index (χ0n) is 20.8. The van der Waals surface area contributed by atoms with Crippen LogP contribution in [0.1, 0.15) is 38.2 Å². The predicted molar refractivity (Wildman–Crippen MR) is 145 cm³/mol. The number of anilines is 1. The number of hydrogen-bond donors (Lipinski definition) is 0. The summed E-state index contributed by atoms with van der Waals surface area (Å²) in [5.41, 5.74) is 1.01. The number of rotatable bonds is 7. The van der Waals surface area contributed by atoms with E-state index in [0.717, 1.165) is 42.1 Å². The van der Waals surface area contributed by atoms with Crippen LogP contribution in [0, 0.1) is 33.3 Å². The molecule has 198 valence electrons. The monoisotopic (exact) mass is 562 g/mol. The van der Waals surface area contributed by atoms with Gasteiger partial charge in [-0.2, -0.15) is 5.26 Å². The molecule has 10 nitrogen and oxygen atoms in total. The maximum absolute atomic E-state index is 13.0. The van der Waals surface area contributed by atoms with E-state index in [4.69, 9.17) is 4.74 Å². The molecule has 2 fully saturated rings. The summed E-state index contributed by atoms with van der Waals surface area (Å²) >= 11 is 2.42. The Labute approximate surface area is 231 Å². The van der Waals surface area contributed by atoms with Crippen molar-refractivity contribution in [3.8, 4) is 6.07 Å². The first kappa shape index (κ1) is 26.5. The number of thiazole rings is 1. The van der Waals surface area contributed by atoms with Gasteiger partial charge in [-0.25, -0.2) is 9.78 Å². The van der Waals surface area contributed by atoms with Gasteiger partial charge >= 0.3 is 5.97 Å². The smallest absolute Gasteiger partial charge is 0.348 e. The molecule has 2 aromatic carbocycles. The molecule has 12 heteroatoms. The second-order valence-electron chi connectivity index (χ2n) is 9.12. The summed E-state index contributed by atoms with van der Waals surface area (Å²) in [5, 5.41) is 21.1. The van der Waals surface area contributed by atoms with Gasteiger partial charge in [0.15, 0.2) is 4.34 Å². The highest BCUT2D eigenvalue weighted by molar-refractivity contribution is 8.01. The molecular formula is C27H22N4O6S2. The average molecular weight is 563 g/mol. The number of ether oxygens (including phenoxy) is 1. The van der Waals surface area contributed by atoms with Crippen molar-refractivity contribution in [1.29, 1.82) is 5.26 Å². The molecule has 2 amide bonds. The fraction of sp³-hybridized carbons (Fsp3) is 0.296. The molecule has 3 aromatic rings. The van der Waals surface area contributed by atoms with Crippen LogP contribution in [0.2, 0.25) is 0 Å². The van der Waals surface area contributed by atoms with E-state index < -0.39 is 10.9 Å². The Kier molecular flexibility index (Phi) is 7.45. The first-order chi connectivity index (χ1) is 18.8. The van der Waals surface area contributed by atoms with Crippen LogP contribution in [0.3, 0.4) is 0 Å². The van der Waals surface area contributed by atoms with Crippen LogP contribution < -0.4 is 4.90 Å². The molecule has 0 radical (unpaired) electrons. The summed E-state index contributed by atoms with van der Waals surface area (Å²) in [6, 6.07) is 11.4. The molecule has 5 rings (SSSR count). The Bertz CT molecular complexity index is 1570. The Morgan fingerprint density at radius 2 is 1.95 bits per heavy atom. The number of imide groups is 1. The first-order valence-electron chi connectivity index (χ1n) is 12.3. The summed E-state index contributed by atoms with van der Waals surface area (Å²) in [4.78, 5) is 55.4. The number of carbonyl (C=O) groups is 3. The van der Waals surface area contributed by atoms with Crippen molar-refractivity contribution >= 4 is 68.5 Å². The predicted octanol–water partition coefficient (Wildman–Crippen LogP) is 5.51. The van der Waals surface area contributed by atoms with Crippen LogP contribution in [0.5, 0.6) is 0 Å². The summed E-state index contributed by atoms with van der Waals surface area (Å²) in [7, 11) is 0. The van der Waals surface area contributed by atoms with Gasteiger partial charge in [0, 0.05) is 6.07 Å². The number of amides is 2. The average Bonchev–Trinajstić information content (AvgIpc) is 3.44. The third-order valence-corrected chi connectivity index (χ3v) is 8.90. The normalized spacial score (nSPS) is 19.2. The molecule has 2 aliphatic rings. The Balaban J connectivity index is 1.41. The van der Waals surface area contributed by atoms with Gasteiger partial charge in [-0.15, -0.1) is 11.3 Å². The molecule has 1 aromatic heterocycles. The fourth-order valence-electron chi connectivity index (χ4n) is 4.95. The van der Waals surface area contributed by atoms with Crippen LogP contribution in [0.25, 0.3) is 16.3 Å². The number of nitro benzene ring substituents is 1. The highest BCUT2D eigenvalue weighted by Crippen LogP contribution is 2.43. The van der Waals surface area contributed by atoms with Crippen molar-refractivity contribution < 1.29 is 24.0 Å². The van der Waals surface area contributed by atoms with Crippen molar-refractivity contribution in [2.45, 2.75) is 41.8 Å². The van der Waals surface area contributed by atoms with Gasteiger partial charge in [-0.05, 0) is 55.7 Å². The van der Waals surface area contributed by atoms with Crippen LogP contribution in [0.15, 0.2) is 51.2 Å². The molecule has 2 atom stereocenters. The molecule has 0 bridgehead atoms. The van der Waals surface area contributed by atoms with E-state index >= 15 is 0 Å². The quantitative estimate of drug-likeness (QED) is 0.0909. The van der Waals surface area contributed by atoms with Crippen molar-refractivity contribution in [2.24, 2.45) is 11.8 Å². The SMILES string of the molecule is CCOC(=O)/C(C#N)=C/c1ccc(Sc2nc3ccc(N4C(=O)[C@@H]5CCCC[C@H]5C4=O)cc3s2)c([N+](=O)[O-])c1. The largest absolute Gasteiger partial charge is 0.462 e. The third kappa shape index (κ3) is 5.15. The van der Waals surface area contributed by atoms with Gasteiger partial charge in [0.05, 0.1) is 44.2 Å². The lowest BCUT2D eigenvalue weighted by atomic mass is 9.81. The topological polar surface area (TPSA) is 144 Å².